The number of benzene rings is 3. The molecule has 29 heavy (non-hydrogen) atoms. The molecule has 3 aromatic carbocycles. The third-order valence-corrected chi connectivity index (χ3v) is 5.36. The summed E-state index contributed by atoms with van der Waals surface area (Å²) in [4.78, 5) is 12.8. The van der Waals surface area contributed by atoms with Crippen LogP contribution in [-0.2, 0) is 11.3 Å². The minimum atomic E-state index is -0.580. The van der Waals surface area contributed by atoms with E-state index in [1.165, 1.54) is 10.9 Å². The number of hydrogen-bond acceptors (Lipinski definition) is 2. The quantitative estimate of drug-likeness (QED) is 0.410. The van der Waals surface area contributed by atoms with Crippen LogP contribution in [0.5, 0.6) is 5.75 Å². The summed E-state index contributed by atoms with van der Waals surface area (Å²) >= 11 is 5.92. The summed E-state index contributed by atoms with van der Waals surface area (Å²) in [5.41, 5.74) is 3.13. The minimum absolute atomic E-state index is 0.166. The van der Waals surface area contributed by atoms with Crippen molar-refractivity contribution in [3.05, 3.63) is 71.8 Å². The van der Waals surface area contributed by atoms with Crippen molar-refractivity contribution >= 4 is 45.0 Å². The first kappa shape index (κ1) is 19.3. The SMILES string of the molecule is CC[C@@H](Oc1ccc(Cl)cc1)C(=O)Nc1ccc2c(c1)c1ccccc1n2CC. The van der Waals surface area contributed by atoms with Crippen LogP contribution < -0.4 is 10.1 Å². The van der Waals surface area contributed by atoms with Gasteiger partial charge >= 0.3 is 0 Å². The van der Waals surface area contributed by atoms with E-state index in [1.54, 1.807) is 24.3 Å². The Labute approximate surface area is 175 Å². The van der Waals surface area contributed by atoms with Gasteiger partial charge in [-0.2, -0.15) is 0 Å². The molecule has 0 aliphatic carbocycles. The van der Waals surface area contributed by atoms with E-state index in [2.05, 4.69) is 41.1 Å². The highest BCUT2D eigenvalue weighted by Gasteiger charge is 2.19. The van der Waals surface area contributed by atoms with Crippen molar-refractivity contribution in [2.24, 2.45) is 0 Å². The highest BCUT2D eigenvalue weighted by molar-refractivity contribution is 6.30. The first-order valence-electron chi connectivity index (χ1n) is 9.84. The number of fused-ring (bicyclic) bond motifs is 3. The lowest BCUT2D eigenvalue weighted by atomic mass is 10.1. The molecule has 0 spiro atoms. The number of ether oxygens (including phenoxy) is 1. The van der Waals surface area contributed by atoms with Crippen LogP contribution in [0, 0.1) is 0 Å². The van der Waals surface area contributed by atoms with Gasteiger partial charge in [0.05, 0.1) is 0 Å². The molecule has 1 heterocycles. The zero-order valence-electron chi connectivity index (χ0n) is 16.5. The summed E-state index contributed by atoms with van der Waals surface area (Å²) in [6.45, 7) is 4.96. The van der Waals surface area contributed by atoms with Crippen LogP contribution in [-0.4, -0.2) is 16.6 Å². The number of halogens is 1. The molecule has 4 rings (SSSR count). The molecule has 1 aromatic heterocycles. The molecule has 0 aliphatic rings. The molecule has 0 saturated heterocycles. The minimum Gasteiger partial charge on any atom is -0.481 e. The van der Waals surface area contributed by atoms with Gasteiger partial charge < -0.3 is 14.6 Å². The number of anilines is 1. The first-order chi connectivity index (χ1) is 14.1. The van der Waals surface area contributed by atoms with Gasteiger partial charge in [-0.05, 0) is 61.9 Å². The Bertz CT molecular complexity index is 1160. The molecule has 4 aromatic rings. The lowest BCUT2D eigenvalue weighted by Gasteiger charge is -2.17. The van der Waals surface area contributed by atoms with Gasteiger partial charge in [-0.3, -0.25) is 4.79 Å². The van der Waals surface area contributed by atoms with E-state index in [1.807, 2.05) is 25.1 Å². The standard InChI is InChI=1S/C24H23ClN2O2/c1-3-23(29-18-12-9-16(25)10-13-18)24(28)26-17-11-14-22-20(15-17)19-7-5-6-8-21(19)27(22)4-2/h5-15,23H,3-4H2,1-2H3,(H,26,28)/t23-/m1/s1. The van der Waals surface area contributed by atoms with Crippen molar-refractivity contribution < 1.29 is 9.53 Å². The van der Waals surface area contributed by atoms with Crippen molar-refractivity contribution in [3.8, 4) is 5.75 Å². The van der Waals surface area contributed by atoms with Crippen LogP contribution in [0.1, 0.15) is 20.3 Å². The second-order valence-corrected chi connectivity index (χ2v) is 7.39. The number of carbonyl (C=O) groups is 1. The molecule has 0 fully saturated rings. The molecule has 1 amide bonds. The highest BCUT2D eigenvalue weighted by Crippen LogP contribution is 2.31. The summed E-state index contributed by atoms with van der Waals surface area (Å²) in [6, 6.07) is 21.4. The predicted molar refractivity (Wildman–Crippen MR) is 120 cm³/mol. The van der Waals surface area contributed by atoms with Gasteiger partial charge in [-0.25, -0.2) is 0 Å². The lowest BCUT2D eigenvalue weighted by molar-refractivity contribution is -0.122. The van der Waals surface area contributed by atoms with E-state index in [-0.39, 0.29) is 5.91 Å². The van der Waals surface area contributed by atoms with Crippen molar-refractivity contribution in [2.75, 3.05) is 5.32 Å². The van der Waals surface area contributed by atoms with E-state index in [9.17, 15) is 4.79 Å². The summed E-state index contributed by atoms with van der Waals surface area (Å²) in [5.74, 6) is 0.457. The van der Waals surface area contributed by atoms with Gasteiger partial charge in [0.15, 0.2) is 6.10 Å². The maximum Gasteiger partial charge on any atom is 0.265 e. The van der Waals surface area contributed by atoms with Gasteiger partial charge in [0, 0.05) is 39.1 Å². The van der Waals surface area contributed by atoms with Crippen LogP contribution in [0.3, 0.4) is 0 Å². The van der Waals surface area contributed by atoms with E-state index in [0.29, 0.717) is 17.2 Å². The van der Waals surface area contributed by atoms with Crippen LogP contribution in [0.2, 0.25) is 5.02 Å². The molecule has 0 unspecified atom stereocenters. The van der Waals surface area contributed by atoms with E-state index >= 15 is 0 Å². The Kier molecular flexibility index (Phi) is 5.45. The van der Waals surface area contributed by atoms with Crippen molar-refractivity contribution in [2.45, 2.75) is 32.9 Å². The van der Waals surface area contributed by atoms with Crippen LogP contribution in [0.15, 0.2) is 66.7 Å². The fourth-order valence-electron chi connectivity index (χ4n) is 3.69. The van der Waals surface area contributed by atoms with E-state index in [0.717, 1.165) is 23.1 Å². The molecule has 4 nitrogen and oxygen atoms in total. The van der Waals surface area contributed by atoms with Gasteiger partial charge in [-0.1, -0.05) is 36.7 Å². The maximum absolute atomic E-state index is 12.8. The maximum atomic E-state index is 12.8. The summed E-state index contributed by atoms with van der Waals surface area (Å²) in [6.07, 6.45) is -0.0184. The van der Waals surface area contributed by atoms with Gasteiger partial charge in [0.1, 0.15) is 5.75 Å². The Balaban J connectivity index is 1.60. The van der Waals surface area contributed by atoms with Crippen molar-refractivity contribution in [1.29, 1.82) is 0 Å². The molecule has 148 valence electrons. The number of nitrogens with one attached hydrogen (secondary N) is 1. The average molecular weight is 407 g/mol. The molecule has 0 aliphatic heterocycles. The third kappa shape index (κ3) is 3.81. The number of aromatic nitrogens is 1. The third-order valence-electron chi connectivity index (χ3n) is 5.11. The number of nitrogens with zero attached hydrogens (tertiary/aromatic N) is 1. The van der Waals surface area contributed by atoms with Crippen LogP contribution >= 0.6 is 11.6 Å². The fraction of sp³-hybridized carbons (Fsp3) is 0.208. The Morgan fingerprint density at radius 1 is 1.00 bits per heavy atom. The normalized spacial score (nSPS) is 12.2. The molecular formula is C24H23ClN2O2. The Morgan fingerprint density at radius 2 is 1.72 bits per heavy atom. The van der Waals surface area contributed by atoms with Gasteiger partial charge in [-0.15, -0.1) is 0 Å². The number of para-hydroxylation sites is 1. The summed E-state index contributed by atoms with van der Waals surface area (Å²) in [7, 11) is 0. The number of carbonyl (C=O) groups excluding carboxylic acids is 1. The van der Waals surface area contributed by atoms with Crippen molar-refractivity contribution in [3.63, 3.8) is 0 Å². The van der Waals surface area contributed by atoms with E-state index < -0.39 is 6.10 Å². The zero-order valence-corrected chi connectivity index (χ0v) is 17.2. The largest absolute Gasteiger partial charge is 0.481 e. The van der Waals surface area contributed by atoms with Crippen molar-refractivity contribution in [1.82, 2.24) is 4.57 Å². The first-order valence-corrected chi connectivity index (χ1v) is 10.2. The highest BCUT2D eigenvalue weighted by atomic mass is 35.5. The monoisotopic (exact) mass is 406 g/mol. The zero-order chi connectivity index (χ0) is 20.4. The molecular weight excluding hydrogens is 384 g/mol. The molecule has 1 N–H and O–H groups in total. The van der Waals surface area contributed by atoms with Crippen LogP contribution in [0.25, 0.3) is 21.8 Å². The lowest BCUT2D eigenvalue weighted by Crippen LogP contribution is -2.32. The number of amides is 1. The smallest absolute Gasteiger partial charge is 0.265 e. The summed E-state index contributed by atoms with van der Waals surface area (Å²) < 4.78 is 8.14. The van der Waals surface area contributed by atoms with E-state index in [4.69, 9.17) is 16.3 Å². The number of rotatable bonds is 6. The fourth-order valence-corrected chi connectivity index (χ4v) is 3.82. The van der Waals surface area contributed by atoms with Gasteiger partial charge in [0.2, 0.25) is 0 Å². The molecule has 0 radical (unpaired) electrons. The topological polar surface area (TPSA) is 43.3 Å². The molecule has 0 saturated carbocycles. The molecule has 0 bridgehead atoms. The summed E-state index contributed by atoms with van der Waals surface area (Å²) in [5, 5.41) is 5.96. The Hall–Kier alpha value is -2.98. The Morgan fingerprint density at radius 3 is 2.45 bits per heavy atom. The molecule has 1 atom stereocenters. The van der Waals surface area contributed by atoms with Gasteiger partial charge in [0.25, 0.3) is 5.91 Å². The predicted octanol–water partition coefficient (Wildman–Crippen LogP) is 6.26. The molecule has 5 heteroatoms. The number of aryl methyl sites for hydroxylation is 1. The second kappa shape index (κ2) is 8.18. The number of hydrogen-bond donors (Lipinski definition) is 1. The average Bonchev–Trinajstić information content (AvgIpc) is 3.06. The van der Waals surface area contributed by atoms with Crippen LogP contribution in [0.4, 0.5) is 5.69 Å². The second-order valence-electron chi connectivity index (χ2n) is 6.95.